The molecule has 1 saturated heterocycles. The molecule has 0 spiro atoms. The van der Waals surface area contributed by atoms with Crippen molar-refractivity contribution in [2.45, 2.75) is 12.6 Å². The highest BCUT2D eigenvalue weighted by atomic mass is 16.5. The monoisotopic (exact) mass is 433 g/mol. The summed E-state index contributed by atoms with van der Waals surface area (Å²) in [6, 6.07) is 21.1. The van der Waals surface area contributed by atoms with E-state index in [-0.39, 0.29) is 12.5 Å². The normalized spacial score (nSPS) is 15.7. The summed E-state index contributed by atoms with van der Waals surface area (Å²) < 4.78 is 5.86. The lowest BCUT2D eigenvalue weighted by molar-refractivity contribution is -0.124. The molecule has 2 N–H and O–H groups in total. The molecular weight excluding hydrogens is 402 g/mol. The number of β-amino-alcohol motifs (C(OH)–C–C–N with tert-alkyl or cyclic N) is 1. The van der Waals surface area contributed by atoms with Crippen molar-refractivity contribution in [3.8, 4) is 16.9 Å². The van der Waals surface area contributed by atoms with E-state index in [0.29, 0.717) is 19.6 Å². The molecule has 6 nitrogen and oxygen atoms in total. The number of carbonyl (C=O) groups excluding carboxylic acids is 1. The summed E-state index contributed by atoms with van der Waals surface area (Å²) in [6.07, 6.45) is -0.649. The van der Waals surface area contributed by atoms with Gasteiger partial charge in [-0.25, -0.2) is 0 Å². The van der Waals surface area contributed by atoms with Crippen LogP contribution in [-0.4, -0.2) is 73.8 Å². The zero-order valence-electron chi connectivity index (χ0n) is 18.8. The molecule has 6 heteroatoms. The first-order chi connectivity index (χ1) is 15.5. The topological polar surface area (TPSA) is 65.0 Å². The number of amides is 1. The smallest absolute Gasteiger partial charge is 0.234 e. The Balaban J connectivity index is 1.41. The highest BCUT2D eigenvalue weighted by molar-refractivity contribution is 5.88. The lowest BCUT2D eigenvalue weighted by Crippen LogP contribution is -2.50. The highest BCUT2D eigenvalue weighted by Gasteiger charge is 2.19. The number of aliphatic hydroxyl groups excluding tert-OH is 1. The molecule has 1 amide bonds. The maximum absolute atomic E-state index is 11.5. The van der Waals surface area contributed by atoms with Crippen LogP contribution >= 0.6 is 0 Å². The molecule has 0 aliphatic carbocycles. The molecular formula is C26H31N3O3. The number of benzene rings is 3. The van der Waals surface area contributed by atoms with Crippen LogP contribution in [0.5, 0.6) is 5.75 Å². The van der Waals surface area contributed by atoms with Gasteiger partial charge in [0.15, 0.2) is 0 Å². The SMILES string of the molecule is CN(C)Cc1ccc(-c2ccc3ccc(OCC(O)CN4CCNC(=O)C4)cc3c2)cc1. The third kappa shape index (κ3) is 5.85. The maximum atomic E-state index is 11.5. The van der Waals surface area contributed by atoms with E-state index in [9.17, 15) is 9.90 Å². The quantitative estimate of drug-likeness (QED) is 0.572. The van der Waals surface area contributed by atoms with Crippen LogP contribution in [0.4, 0.5) is 0 Å². The van der Waals surface area contributed by atoms with E-state index < -0.39 is 6.10 Å². The number of aliphatic hydroxyl groups is 1. The molecule has 1 heterocycles. The second-order valence-corrected chi connectivity index (χ2v) is 8.71. The minimum Gasteiger partial charge on any atom is -0.491 e. The number of hydrogen-bond donors (Lipinski definition) is 2. The maximum Gasteiger partial charge on any atom is 0.234 e. The van der Waals surface area contributed by atoms with Crippen molar-refractivity contribution < 1.29 is 14.6 Å². The van der Waals surface area contributed by atoms with Gasteiger partial charge in [-0.05, 0) is 59.8 Å². The molecule has 168 valence electrons. The predicted octanol–water partition coefficient (Wildman–Crippen LogP) is 2.74. The van der Waals surface area contributed by atoms with Crippen LogP contribution in [0.1, 0.15) is 5.56 Å². The number of nitrogens with one attached hydrogen (secondary N) is 1. The standard InChI is InChI=1S/C26H31N3O3/c1-28(2)15-19-3-5-20(6-4-19)22-8-7-21-9-10-25(14-23(21)13-22)32-18-24(30)16-29-12-11-27-26(31)17-29/h3-10,13-14,24,30H,11-12,15-18H2,1-2H3,(H,27,31). The average molecular weight is 434 g/mol. The molecule has 32 heavy (non-hydrogen) atoms. The minimum absolute atomic E-state index is 0.00189. The molecule has 1 aliphatic heterocycles. The summed E-state index contributed by atoms with van der Waals surface area (Å²) in [6.45, 7) is 3.24. The number of rotatable bonds is 8. The fraction of sp³-hybridized carbons (Fsp3) is 0.346. The van der Waals surface area contributed by atoms with Gasteiger partial charge in [0.25, 0.3) is 0 Å². The average Bonchev–Trinajstić information content (AvgIpc) is 2.77. The molecule has 0 aromatic heterocycles. The van der Waals surface area contributed by atoms with E-state index in [1.54, 1.807) is 0 Å². The molecule has 1 unspecified atom stereocenters. The molecule has 0 bridgehead atoms. The van der Waals surface area contributed by atoms with Crippen LogP contribution in [0.3, 0.4) is 0 Å². The highest BCUT2D eigenvalue weighted by Crippen LogP contribution is 2.27. The first-order valence-electron chi connectivity index (χ1n) is 11.0. The minimum atomic E-state index is -0.649. The van der Waals surface area contributed by atoms with Crippen LogP contribution in [0.25, 0.3) is 21.9 Å². The molecule has 1 fully saturated rings. The summed E-state index contributed by atoms with van der Waals surface area (Å²) in [5, 5.41) is 15.4. The Morgan fingerprint density at radius 2 is 1.78 bits per heavy atom. The van der Waals surface area contributed by atoms with Gasteiger partial charge in [-0.1, -0.05) is 42.5 Å². The van der Waals surface area contributed by atoms with Crippen molar-refractivity contribution in [1.29, 1.82) is 0 Å². The van der Waals surface area contributed by atoms with Crippen molar-refractivity contribution in [3.63, 3.8) is 0 Å². The Hall–Kier alpha value is -2.93. The number of carbonyl (C=O) groups is 1. The van der Waals surface area contributed by atoms with Gasteiger partial charge in [-0.15, -0.1) is 0 Å². The summed E-state index contributed by atoms with van der Waals surface area (Å²) in [4.78, 5) is 15.6. The van der Waals surface area contributed by atoms with Crippen molar-refractivity contribution in [1.82, 2.24) is 15.1 Å². The third-order valence-electron chi connectivity index (χ3n) is 5.63. The summed E-state index contributed by atoms with van der Waals surface area (Å²) in [5.41, 5.74) is 3.63. The van der Waals surface area contributed by atoms with Crippen LogP contribution in [-0.2, 0) is 11.3 Å². The van der Waals surface area contributed by atoms with Gasteiger partial charge in [0.2, 0.25) is 5.91 Å². The zero-order chi connectivity index (χ0) is 22.5. The first kappa shape index (κ1) is 22.3. The lowest BCUT2D eigenvalue weighted by Gasteiger charge is -2.28. The van der Waals surface area contributed by atoms with E-state index in [1.165, 1.54) is 11.1 Å². The van der Waals surface area contributed by atoms with E-state index in [1.807, 2.05) is 23.1 Å². The molecule has 3 aromatic carbocycles. The van der Waals surface area contributed by atoms with Crippen LogP contribution in [0.2, 0.25) is 0 Å². The number of nitrogens with zero attached hydrogens (tertiary/aromatic N) is 2. The Kier molecular flexibility index (Phi) is 7.05. The molecule has 0 radical (unpaired) electrons. The van der Waals surface area contributed by atoms with Gasteiger partial charge >= 0.3 is 0 Å². The fourth-order valence-corrected chi connectivity index (χ4v) is 4.05. The van der Waals surface area contributed by atoms with Gasteiger partial charge in [0.05, 0.1) is 6.54 Å². The second-order valence-electron chi connectivity index (χ2n) is 8.71. The molecule has 1 aliphatic rings. The lowest BCUT2D eigenvalue weighted by atomic mass is 10.00. The van der Waals surface area contributed by atoms with Crippen molar-refractivity contribution in [2.24, 2.45) is 0 Å². The molecule has 1 atom stereocenters. The van der Waals surface area contributed by atoms with Gasteiger partial charge in [-0.2, -0.15) is 0 Å². The fourth-order valence-electron chi connectivity index (χ4n) is 4.05. The van der Waals surface area contributed by atoms with E-state index >= 15 is 0 Å². The van der Waals surface area contributed by atoms with Crippen LogP contribution < -0.4 is 10.1 Å². The van der Waals surface area contributed by atoms with E-state index in [0.717, 1.165) is 35.2 Å². The van der Waals surface area contributed by atoms with Gasteiger partial charge in [0.1, 0.15) is 18.5 Å². The predicted molar refractivity (Wildman–Crippen MR) is 128 cm³/mol. The molecule has 0 saturated carbocycles. The van der Waals surface area contributed by atoms with Crippen molar-refractivity contribution in [2.75, 3.05) is 46.9 Å². The Morgan fingerprint density at radius 1 is 1.03 bits per heavy atom. The largest absolute Gasteiger partial charge is 0.491 e. The summed E-state index contributed by atoms with van der Waals surface area (Å²) >= 11 is 0. The number of ether oxygens (including phenoxy) is 1. The zero-order valence-corrected chi connectivity index (χ0v) is 18.8. The van der Waals surface area contributed by atoms with E-state index in [2.05, 4.69) is 66.8 Å². The van der Waals surface area contributed by atoms with Crippen LogP contribution in [0.15, 0.2) is 60.7 Å². The third-order valence-corrected chi connectivity index (χ3v) is 5.63. The van der Waals surface area contributed by atoms with E-state index in [4.69, 9.17) is 4.74 Å². The number of fused-ring (bicyclic) bond motifs is 1. The molecule has 3 aromatic rings. The summed E-state index contributed by atoms with van der Waals surface area (Å²) in [7, 11) is 4.14. The number of hydrogen-bond acceptors (Lipinski definition) is 5. The van der Waals surface area contributed by atoms with Crippen LogP contribution in [0, 0.1) is 0 Å². The van der Waals surface area contributed by atoms with Gasteiger partial charge < -0.3 is 20.1 Å². The second kappa shape index (κ2) is 10.1. The Bertz CT molecular complexity index is 1070. The van der Waals surface area contributed by atoms with Crippen molar-refractivity contribution >= 4 is 16.7 Å². The van der Waals surface area contributed by atoms with Gasteiger partial charge in [-0.3, -0.25) is 9.69 Å². The molecule has 4 rings (SSSR count). The van der Waals surface area contributed by atoms with Gasteiger partial charge in [0, 0.05) is 26.2 Å². The Labute approximate surface area is 189 Å². The Morgan fingerprint density at radius 3 is 2.53 bits per heavy atom. The summed E-state index contributed by atoms with van der Waals surface area (Å²) in [5.74, 6) is 0.730. The number of piperazine rings is 1. The first-order valence-corrected chi connectivity index (χ1v) is 11.0. The van der Waals surface area contributed by atoms with Crippen molar-refractivity contribution in [3.05, 3.63) is 66.2 Å².